The van der Waals surface area contributed by atoms with Gasteiger partial charge in [-0.25, -0.2) is 4.79 Å². The molecule has 10 N–H and O–H groups in total. The van der Waals surface area contributed by atoms with Crippen molar-refractivity contribution in [3.05, 3.63) is 0 Å². The summed E-state index contributed by atoms with van der Waals surface area (Å²) in [5, 5.41) is 33.2. The van der Waals surface area contributed by atoms with Gasteiger partial charge in [0, 0.05) is 19.3 Å². The summed E-state index contributed by atoms with van der Waals surface area (Å²) in [6, 6.07) is -5.43. The van der Waals surface area contributed by atoms with E-state index in [0.717, 1.165) is 0 Å². The first-order chi connectivity index (χ1) is 15.2. The van der Waals surface area contributed by atoms with Gasteiger partial charge < -0.3 is 42.7 Å². The number of primary amides is 1. The number of carbonyl (C=O) groups is 7. The standard InChI is InChI=1S/C18H29N5O10/c1-8(15(29)23-11(18(32)33)4-7-14(27)28)21-17(31)10(3-6-13(25)26)22-16(30)9(19)2-5-12(20)24/h8-11H,2-7,19H2,1H3,(H2,20,24)(H,21,31)(H,22,30)(H,23,29)(H,25,26)(H,27,28)(H,32,33). The van der Waals surface area contributed by atoms with Crippen molar-refractivity contribution in [2.75, 3.05) is 0 Å². The summed E-state index contributed by atoms with van der Waals surface area (Å²) in [6.07, 6.45) is -2.06. The highest BCUT2D eigenvalue weighted by Gasteiger charge is 2.29. The minimum atomic E-state index is -1.52. The number of carboxylic acids is 3. The van der Waals surface area contributed by atoms with Crippen LogP contribution in [0, 0.1) is 0 Å². The van der Waals surface area contributed by atoms with Crippen LogP contribution in [0.3, 0.4) is 0 Å². The molecule has 0 aromatic rings. The minimum absolute atomic E-state index is 0.111. The molecule has 4 amide bonds. The van der Waals surface area contributed by atoms with Gasteiger partial charge in [-0.3, -0.25) is 28.8 Å². The van der Waals surface area contributed by atoms with Gasteiger partial charge >= 0.3 is 17.9 Å². The first kappa shape index (κ1) is 29.2. The SMILES string of the molecule is CC(NC(=O)C(CCC(=O)O)NC(=O)C(N)CCC(N)=O)C(=O)NC(CCC(=O)O)C(=O)O. The van der Waals surface area contributed by atoms with Gasteiger partial charge in [-0.1, -0.05) is 0 Å². The fourth-order valence-electron chi connectivity index (χ4n) is 2.45. The Morgan fingerprint density at radius 2 is 1.18 bits per heavy atom. The highest BCUT2D eigenvalue weighted by molar-refractivity contribution is 5.94. The quantitative estimate of drug-likeness (QED) is 0.110. The maximum Gasteiger partial charge on any atom is 0.326 e. The van der Waals surface area contributed by atoms with Gasteiger partial charge in [0.15, 0.2) is 0 Å². The van der Waals surface area contributed by atoms with E-state index >= 15 is 0 Å². The van der Waals surface area contributed by atoms with Crippen molar-refractivity contribution in [3.8, 4) is 0 Å². The zero-order valence-electron chi connectivity index (χ0n) is 17.9. The molecule has 0 spiro atoms. The Morgan fingerprint density at radius 1 is 0.697 bits per heavy atom. The van der Waals surface area contributed by atoms with Crippen LogP contribution in [0.15, 0.2) is 0 Å². The molecule has 0 aliphatic heterocycles. The molecule has 0 aliphatic carbocycles. The van der Waals surface area contributed by atoms with Crippen molar-refractivity contribution in [1.82, 2.24) is 16.0 Å². The Kier molecular flexibility index (Phi) is 12.7. The van der Waals surface area contributed by atoms with Crippen LogP contribution < -0.4 is 27.4 Å². The van der Waals surface area contributed by atoms with Crippen molar-refractivity contribution in [3.63, 3.8) is 0 Å². The Hall–Kier alpha value is -3.75. The highest BCUT2D eigenvalue weighted by atomic mass is 16.4. The Morgan fingerprint density at radius 3 is 1.64 bits per heavy atom. The molecule has 4 unspecified atom stereocenters. The average molecular weight is 475 g/mol. The van der Waals surface area contributed by atoms with E-state index in [1.807, 2.05) is 0 Å². The number of carboxylic acid groups (broad SMARTS) is 3. The lowest BCUT2D eigenvalue weighted by molar-refractivity contribution is -0.143. The molecule has 0 heterocycles. The molecule has 0 bridgehead atoms. The number of aliphatic carboxylic acids is 3. The van der Waals surface area contributed by atoms with Crippen molar-refractivity contribution >= 4 is 41.5 Å². The van der Waals surface area contributed by atoms with Crippen molar-refractivity contribution in [2.45, 2.75) is 69.6 Å². The monoisotopic (exact) mass is 475 g/mol. The van der Waals surface area contributed by atoms with Crippen LogP contribution in [-0.4, -0.2) is 81.0 Å². The fourth-order valence-corrected chi connectivity index (χ4v) is 2.45. The molecular formula is C18H29N5O10. The highest BCUT2D eigenvalue weighted by Crippen LogP contribution is 2.03. The van der Waals surface area contributed by atoms with E-state index in [9.17, 15) is 33.6 Å². The van der Waals surface area contributed by atoms with E-state index in [1.165, 1.54) is 6.92 Å². The summed E-state index contributed by atoms with van der Waals surface area (Å²) in [6.45, 7) is 1.21. The Bertz CT molecular complexity index is 772. The molecule has 186 valence electrons. The molecule has 4 atom stereocenters. The van der Waals surface area contributed by atoms with Crippen LogP contribution in [0.25, 0.3) is 0 Å². The minimum Gasteiger partial charge on any atom is -0.481 e. The van der Waals surface area contributed by atoms with Crippen molar-refractivity contribution in [1.29, 1.82) is 0 Å². The normalized spacial score (nSPS) is 14.1. The van der Waals surface area contributed by atoms with E-state index in [4.69, 9.17) is 26.8 Å². The van der Waals surface area contributed by atoms with Crippen LogP contribution in [-0.2, 0) is 33.6 Å². The van der Waals surface area contributed by atoms with E-state index < -0.39 is 85.0 Å². The average Bonchev–Trinajstić information content (AvgIpc) is 2.70. The number of amides is 4. The first-order valence-electron chi connectivity index (χ1n) is 9.86. The van der Waals surface area contributed by atoms with Gasteiger partial charge in [0.05, 0.1) is 6.04 Å². The fraction of sp³-hybridized carbons (Fsp3) is 0.611. The second-order valence-electron chi connectivity index (χ2n) is 7.17. The molecule has 0 rings (SSSR count). The molecular weight excluding hydrogens is 446 g/mol. The van der Waals surface area contributed by atoms with Gasteiger partial charge in [0.2, 0.25) is 23.6 Å². The zero-order valence-corrected chi connectivity index (χ0v) is 17.9. The van der Waals surface area contributed by atoms with E-state index in [0.29, 0.717) is 0 Å². The largest absolute Gasteiger partial charge is 0.481 e. The molecule has 15 nitrogen and oxygen atoms in total. The van der Waals surface area contributed by atoms with Crippen LogP contribution in [0.1, 0.15) is 45.4 Å². The lowest BCUT2D eigenvalue weighted by Crippen LogP contribution is -2.56. The van der Waals surface area contributed by atoms with E-state index in [2.05, 4.69) is 16.0 Å². The van der Waals surface area contributed by atoms with Gasteiger partial charge in [-0.15, -0.1) is 0 Å². The molecule has 0 fully saturated rings. The molecule has 0 aromatic carbocycles. The number of hydrogen-bond donors (Lipinski definition) is 8. The van der Waals surface area contributed by atoms with Crippen LogP contribution >= 0.6 is 0 Å². The molecule has 0 saturated carbocycles. The predicted octanol–water partition coefficient (Wildman–Crippen LogP) is -3.13. The summed E-state index contributed by atoms with van der Waals surface area (Å²) in [4.78, 5) is 80.4. The smallest absolute Gasteiger partial charge is 0.326 e. The zero-order chi connectivity index (χ0) is 25.7. The summed E-state index contributed by atoms with van der Waals surface area (Å²) in [5.41, 5.74) is 10.6. The lowest BCUT2D eigenvalue weighted by Gasteiger charge is -2.23. The second kappa shape index (κ2) is 14.3. The Balaban J connectivity index is 5.13. The summed E-state index contributed by atoms with van der Waals surface area (Å²) >= 11 is 0. The predicted molar refractivity (Wildman–Crippen MR) is 109 cm³/mol. The van der Waals surface area contributed by atoms with Gasteiger partial charge in [0.1, 0.15) is 18.1 Å². The van der Waals surface area contributed by atoms with Crippen LogP contribution in [0.4, 0.5) is 0 Å². The summed E-state index contributed by atoms with van der Waals surface area (Å²) in [7, 11) is 0. The summed E-state index contributed by atoms with van der Waals surface area (Å²) in [5.74, 6) is -7.41. The van der Waals surface area contributed by atoms with Gasteiger partial charge in [-0.2, -0.15) is 0 Å². The topological polar surface area (TPSA) is 268 Å². The number of carbonyl (C=O) groups excluding carboxylic acids is 4. The number of nitrogens with one attached hydrogen (secondary N) is 3. The third kappa shape index (κ3) is 12.6. The number of hydrogen-bond acceptors (Lipinski definition) is 8. The third-order valence-electron chi connectivity index (χ3n) is 4.33. The van der Waals surface area contributed by atoms with E-state index in [-0.39, 0.29) is 19.3 Å². The lowest BCUT2D eigenvalue weighted by atomic mass is 10.1. The van der Waals surface area contributed by atoms with E-state index in [1.54, 1.807) is 0 Å². The maximum absolute atomic E-state index is 12.5. The molecule has 0 aliphatic rings. The molecule has 0 saturated heterocycles. The van der Waals surface area contributed by atoms with Crippen molar-refractivity contribution in [2.24, 2.45) is 11.5 Å². The third-order valence-corrected chi connectivity index (χ3v) is 4.33. The van der Waals surface area contributed by atoms with Crippen molar-refractivity contribution < 1.29 is 48.9 Å². The second-order valence-corrected chi connectivity index (χ2v) is 7.17. The number of nitrogens with two attached hydrogens (primary N) is 2. The number of rotatable bonds is 16. The van der Waals surface area contributed by atoms with Crippen LogP contribution in [0.5, 0.6) is 0 Å². The van der Waals surface area contributed by atoms with Gasteiger partial charge in [-0.05, 0) is 26.2 Å². The molecule has 0 aromatic heterocycles. The first-order valence-corrected chi connectivity index (χ1v) is 9.86. The summed E-state index contributed by atoms with van der Waals surface area (Å²) < 4.78 is 0. The maximum atomic E-state index is 12.5. The molecule has 0 radical (unpaired) electrons. The molecule has 33 heavy (non-hydrogen) atoms. The van der Waals surface area contributed by atoms with Gasteiger partial charge in [0.25, 0.3) is 0 Å². The Labute approximate surface area is 188 Å². The molecule has 15 heteroatoms. The van der Waals surface area contributed by atoms with Crippen LogP contribution in [0.2, 0.25) is 0 Å².